The maximum atomic E-state index is 13.6. The number of nitrogens with zero attached hydrogens (tertiary/aromatic N) is 2. The van der Waals surface area contributed by atoms with E-state index in [-0.39, 0.29) is 35.0 Å². The lowest BCUT2D eigenvalue weighted by Gasteiger charge is -2.23. The zero-order valence-corrected chi connectivity index (χ0v) is 21.4. The van der Waals surface area contributed by atoms with E-state index in [2.05, 4.69) is 0 Å². The van der Waals surface area contributed by atoms with Crippen LogP contribution >= 0.6 is 0 Å². The third kappa shape index (κ3) is 6.67. The third-order valence-electron chi connectivity index (χ3n) is 6.44. The van der Waals surface area contributed by atoms with Gasteiger partial charge in [0, 0.05) is 24.7 Å². The van der Waals surface area contributed by atoms with Crippen molar-refractivity contribution >= 4 is 17.6 Å². The minimum atomic E-state index is -1.00. The molecule has 0 spiro atoms. The van der Waals surface area contributed by atoms with Crippen LogP contribution in [0.1, 0.15) is 38.3 Å². The second kappa shape index (κ2) is 12.5. The van der Waals surface area contributed by atoms with Crippen LogP contribution in [0, 0.1) is 10.1 Å². The van der Waals surface area contributed by atoms with E-state index in [1.165, 1.54) is 25.3 Å². The van der Waals surface area contributed by atoms with Crippen molar-refractivity contribution in [2.45, 2.75) is 19.4 Å². The molecule has 1 N–H and O–H groups in total. The molecule has 4 aromatic rings. The Hall–Kier alpha value is -4.98. The molecule has 0 atom stereocenters. The van der Waals surface area contributed by atoms with E-state index >= 15 is 0 Å². The molecule has 0 heterocycles. The first-order valence-electron chi connectivity index (χ1n) is 12.4. The number of hydrogen-bond donors (Lipinski definition) is 1. The van der Waals surface area contributed by atoms with Crippen molar-refractivity contribution in [3.63, 3.8) is 0 Å². The Morgan fingerprint density at radius 1 is 0.897 bits per heavy atom. The number of methoxy groups -OCH3 is 1. The van der Waals surface area contributed by atoms with Crippen LogP contribution in [0.25, 0.3) is 11.1 Å². The summed E-state index contributed by atoms with van der Waals surface area (Å²) in [4.78, 5) is 37.8. The Kier molecular flexibility index (Phi) is 8.68. The summed E-state index contributed by atoms with van der Waals surface area (Å²) in [5.74, 6) is -1.24. The van der Waals surface area contributed by atoms with Gasteiger partial charge in [-0.25, -0.2) is 4.79 Å². The second-order valence-corrected chi connectivity index (χ2v) is 9.01. The zero-order valence-electron chi connectivity index (χ0n) is 21.4. The fourth-order valence-corrected chi connectivity index (χ4v) is 4.45. The van der Waals surface area contributed by atoms with E-state index in [4.69, 9.17) is 4.74 Å². The summed E-state index contributed by atoms with van der Waals surface area (Å²) in [6, 6.07) is 28.4. The molecular weight excluding hydrogens is 496 g/mol. The molecule has 0 aliphatic heterocycles. The van der Waals surface area contributed by atoms with Gasteiger partial charge in [0.15, 0.2) is 5.75 Å². The first-order chi connectivity index (χ1) is 18.9. The predicted octanol–water partition coefficient (Wildman–Crippen LogP) is 6.24. The van der Waals surface area contributed by atoms with Crippen LogP contribution in [-0.2, 0) is 13.0 Å². The molecule has 0 aromatic heterocycles. The topological polar surface area (TPSA) is 110 Å². The molecule has 4 rings (SSSR count). The molecule has 0 saturated carbocycles. The fourth-order valence-electron chi connectivity index (χ4n) is 4.45. The molecule has 8 nitrogen and oxygen atoms in total. The Bertz CT molecular complexity index is 1470. The number of aromatic carboxylic acids is 1. The largest absolute Gasteiger partial charge is 0.490 e. The SMILES string of the molecule is COc1ccc(C(=O)N(CCCc2ccccc2)Cc2ccc(-c3ccccc3C(=O)O)cc2)cc1[N+](=O)[O-]. The molecule has 0 radical (unpaired) electrons. The molecule has 39 heavy (non-hydrogen) atoms. The standard InChI is InChI=1S/C31H28N2O6/c1-39-29-18-17-25(20-28(29)33(37)38)30(34)32(19-7-10-22-8-3-2-4-9-22)21-23-13-15-24(16-14-23)26-11-5-6-12-27(26)31(35)36/h2-6,8-9,11-18,20H,7,10,19,21H2,1H3,(H,35,36). The first kappa shape index (κ1) is 27.1. The lowest BCUT2D eigenvalue weighted by Crippen LogP contribution is -2.32. The number of benzene rings is 4. The van der Waals surface area contributed by atoms with Gasteiger partial charge >= 0.3 is 11.7 Å². The second-order valence-electron chi connectivity index (χ2n) is 9.01. The Balaban J connectivity index is 1.58. The van der Waals surface area contributed by atoms with Crippen molar-refractivity contribution in [1.29, 1.82) is 0 Å². The van der Waals surface area contributed by atoms with Crippen LogP contribution in [0.3, 0.4) is 0 Å². The zero-order chi connectivity index (χ0) is 27.8. The average molecular weight is 525 g/mol. The van der Waals surface area contributed by atoms with Gasteiger partial charge in [0.1, 0.15) is 0 Å². The maximum absolute atomic E-state index is 13.6. The van der Waals surface area contributed by atoms with E-state index in [0.717, 1.165) is 23.1 Å². The van der Waals surface area contributed by atoms with Gasteiger partial charge in [0.2, 0.25) is 0 Å². The monoisotopic (exact) mass is 524 g/mol. The number of hydrogen-bond acceptors (Lipinski definition) is 5. The molecule has 0 saturated heterocycles. The Morgan fingerprint density at radius 2 is 1.59 bits per heavy atom. The smallest absolute Gasteiger partial charge is 0.336 e. The highest BCUT2D eigenvalue weighted by molar-refractivity contribution is 5.96. The predicted molar refractivity (Wildman–Crippen MR) is 148 cm³/mol. The van der Waals surface area contributed by atoms with Gasteiger partial charge in [-0.15, -0.1) is 0 Å². The number of nitro benzene ring substituents is 1. The molecule has 0 unspecified atom stereocenters. The molecule has 1 amide bonds. The number of ether oxygens (including phenoxy) is 1. The first-order valence-corrected chi connectivity index (χ1v) is 12.4. The molecule has 198 valence electrons. The summed E-state index contributed by atoms with van der Waals surface area (Å²) in [7, 11) is 1.35. The van der Waals surface area contributed by atoms with Crippen molar-refractivity contribution in [3.05, 3.63) is 129 Å². The minimum Gasteiger partial charge on any atom is -0.490 e. The van der Waals surface area contributed by atoms with Gasteiger partial charge in [0.05, 0.1) is 17.6 Å². The van der Waals surface area contributed by atoms with Crippen molar-refractivity contribution in [2.75, 3.05) is 13.7 Å². The van der Waals surface area contributed by atoms with Crippen molar-refractivity contribution in [2.24, 2.45) is 0 Å². The summed E-state index contributed by atoms with van der Waals surface area (Å²) in [6.45, 7) is 0.728. The molecular formula is C31H28N2O6. The number of nitro groups is 1. The van der Waals surface area contributed by atoms with E-state index in [1.54, 1.807) is 29.2 Å². The minimum absolute atomic E-state index is 0.0874. The summed E-state index contributed by atoms with van der Waals surface area (Å²) in [5, 5.41) is 21.1. The van der Waals surface area contributed by atoms with Crippen molar-refractivity contribution in [1.82, 2.24) is 4.90 Å². The highest BCUT2D eigenvalue weighted by Gasteiger charge is 2.22. The summed E-state index contributed by atoms with van der Waals surface area (Å²) < 4.78 is 5.08. The number of carbonyl (C=O) groups is 2. The molecule has 0 aliphatic rings. The maximum Gasteiger partial charge on any atom is 0.336 e. The lowest BCUT2D eigenvalue weighted by molar-refractivity contribution is -0.385. The fraction of sp³-hybridized carbons (Fsp3) is 0.161. The number of rotatable bonds is 11. The highest BCUT2D eigenvalue weighted by Crippen LogP contribution is 2.29. The number of carboxylic acid groups (broad SMARTS) is 1. The van der Waals surface area contributed by atoms with Gasteiger partial charge in [-0.1, -0.05) is 72.8 Å². The number of carboxylic acids is 1. The lowest BCUT2D eigenvalue weighted by atomic mass is 9.98. The summed E-state index contributed by atoms with van der Waals surface area (Å²) >= 11 is 0. The molecule has 0 bridgehead atoms. The van der Waals surface area contributed by atoms with Crippen LogP contribution in [0.5, 0.6) is 5.75 Å². The van der Waals surface area contributed by atoms with Crippen molar-refractivity contribution in [3.8, 4) is 16.9 Å². The average Bonchev–Trinajstić information content (AvgIpc) is 2.96. The van der Waals surface area contributed by atoms with Gasteiger partial charge in [-0.2, -0.15) is 0 Å². The summed E-state index contributed by atoms with van der Waals surface area (Å²) in [5.41, 5.74) is 3.52. The van der Waals surface area contributed by atoms with E-state index in [9.17, 15) is 24.8 Å². The van der Waals surface area contributed by atoms with Crippen LogP contribution in [-0.4, -0.2) is 40.5 Å². The van der Waals surface area contributed by atoms with E-state index in [0.29, 0.717) is 18.5 Å². The highest BCUT2D eigenvalue weighted by atomic mass is 16.6. The van der Waals surface area contributed by atoms with Crippen LogP contribution in [0.15, 0.2) is 97.1 Å². The molecule has 0 fully saturated rings. The number of aryl methyl sites for hydroxylation is 1. The van der Waals surface area contributed by atoms with Gasteiger partial charge in [-0.05, 0) is 53.3 Å². The molecule has 4 aromatic carbocycles. The van der Waals surface area contributed by atoms with E-state index < -0.39 is 10.9 Å². The molecule has 0 aliphatic carbocycles. The normalized spacial score (nSPS) is 10.6. The quantitative estimate of drug-likeness (QED) is 0.184. The molecule has 8 heteroatoms. The Labute approximate surface area is 226 Å². The summed E-state index contributed by atoms with van der Waals surface area (Å²) in [6.07, 6.45) is 1.48. The Morgan fingerprint density at radius 3 is 2.26 bits per heavy atom. The number of amides is 1. The van der Waals surface area contributed by atoms with Crippen LogP contribution in [0.2, 0.25) is 0 Å². The number of carbonyl (C=O) groups excluding carboxylic acids is 1. The van der Waals surface area contributed by atoms with E-state index in [1.807, 2.05) is 54.6 Å². The third-order valence-corrected chi connectivity index (χ3v) is 6.44. The van der Waals surface area contributed by atoms with Crippen LogP contribution < -0.4 is 4.74 Å². The van der Waals surface area contributed by atoms with Crippen molar-refractivity contribution < 1.29 is 24.4 Å². The van der Waals surface area contributed by atoms with Crippen LogP contribution in [0.4, 0.5) is 5.69 Å². The van der Waals surface area contributed by atoms with Gasteiger partial charge < -0.3 is 14.7 Å². The van der Waals surface area contributed by atoms with Gasteiger partial charge in [0.25, 0.3) is 5.91 Å². The van der Waals surface area contributed by atoms with Gasteiger partial charge in [-0.3, -0.25) is 14.9 Å².